The van der Waals surface area contributed by atoms with Crippen LogP contribution in [0.1, 0.15) is 54.8 Å². The largest absolute Gasteiger partial charge is 0.458 e. The number of halogens is 6. The Bertz CT molecular complexity index is 1490. The van der Waals surface area contributed by atoms with Crippen molar-refractivity contribution in [3.8, 4) is 0 Å². The predicted octanol–water partition coefficient (Wildman–Crippen LogP) is 3.69. The van der Waals surface area contributed by atoms with E-state index in [0.29, 0.717) is 38.5 Å². The minimum Gasteiger partial charge on any atom is -0.458 e. The second kappa shape index (κ2) is 16.2. The third kappa shape index (κ3) is 10.8. The van der Waals surface area contributed by atoms with Gasteiger partial charge in [-0.1, -0.05) is 0 Å². The summed E-state index contributed by atoms with van der Waals surface area (Å²) in [4.78, 5) is 45.7. The van der Waals surface area contributed by atoms with E-state index >= 15 is 0 Å². The Balaban J connectivity index is 1.44. The average molecular weight is 708 g/mol. The first kappa shape index (κ1) is 37.9. The Morgan fingerprint density at radius 2 is 1.65 bits per heavy atom. The molecule has 0 unspecified atom stereocenters. The highest BCUT2D eigenvalue weighted by molar-refractivity contribution is 5.89. The van der Waals surface area contributed by atoms with E-state index in [-0.39, 0.29) is 37.6 Å². The van der Waals surface area contributed by atoms with Gasteiger partial charge in [-0.05, 0) is 38.8 Å². The lowest BCUT2D eigenvalue weighted by molar-refractivity contribution is -0.148. The van der Waals surface area contributed by atoms with Crippen LogP contribution in [0.4, 0.5) is 31.1 Å². The number of carbonyl (C=O) groups excluding carboxylic acids is 3. The van der Waals surface area contributed by atoms with Crippen molar-refractivity contribution in [3.05, 3.63) is 52.4 Å². The molecule has 0 saturated carbocycles. The first-order valence-electron chi connectivity index (χ1n) is 15.6. The second-order valence-electron chi connectivity index (χ2n) is 12.5. The Hall–Kier alpha value is -3.90. The number of nitrogens with zero attached hydrogens (tertiary/aromatic N) is 4. The van der Waals surface area contributed by atoms with Crippen molar-refractivity contribution < 1.29 is 59.7 Å². The molecule has 0 radical (unpaired) electrons. The van der Waals surface area contributed by atoms with Crippen molar-refractivity contribution in [3.63, 3.8) is 0 Å². The van der Waals surface area contributed by atoms with Gasteiger partial charge < -0.3 is 33.7 Å². The molecule has 2 aromatic rings. The van der Waals surface area contributed by atoms with Gasteiger partial charge in [-0.25, -0.2) is 27.7 Å². The zero-order valence-electron chi connectivity index (χ0n) is 27.3. The van der Waals surface area contributed by atoms with Gasteiger partial charge >= 0.3 is 18.2 Å². The molecule has 1 aromatic carbocycles. The molecule has 2 aliphatic heterocycles. The van der Waals surface area contributed by atoms with Gasteiger partial charge in [-0.3, -0.25) is 9.69 Å². The minimum absolute atomic E-state index is 0.00650. The summed E-state index contributed by atoms with van der Waals surface area (Å²) in [7, 11) is 0. The summed E-state index contributed by atoms with van der Waals surface area (Å²) in [6.07, 6.45) is -6.88. The fourth-order valence-electron chi connectivity index (χ4n) is 5.32. The van der Waals surface area contributed by atoms with Gasteiger partial charge in [0.25, 0.3) is 0 Å². The van der Waals surface area contributed by atoms with Crippen molar-refractivity contribution in [2.75, 3.05) is 59.2 Å². The van der Waals surface area contributed by atoms with Crippen LogP contribution in [0, 0.1) is 17.5 Å². The number of amides is 2. The summed E-state index contributed by atoms with van der Waals surface area (Å²) < 4.78 is 105. The number of hydrogen-bond acceptors (Lipinski definition) is 9. The molecule has 4 rings (SSSR count). The highest BCUT2D eigenvalue weighted by atomic mass is 19.4. The van der Waals surface area contributed by atoms with Crippen LogP contribution in [0.3, 0.4) is 0 Å². The highest BCUT2D eigenvalue weighted by Gasteiger charge is 2.42. The normalized spacial score (nSPS) is 16.2. The Labute approximate surface area is 278 Å². The minimum atomic E-state index is -4.92. The molecule has 272 valence electrons. The van der Waals surface area contributed by atoms with E-state index in [4.69, 9.17) is 18.9 Å². The van der Waals surface area contributed by atoms with Gasteiger partial charge in [0.1, 0.15) is 18.0 Å². The van der Waals surface area contributed by atoms with Crippen molar-refractivity contribution in [1.82, 2.24) is 24.7 Å². The van der Waals surface area contributed by atoms with Gasteiger partial charge in [-0.2, -0.15) is 13.2 Å². The number of fused-ring (bicyclic) bond motifs is 1. The number of alkyl carbamates (subject to hydrolysis) is 1. The maximum Gasteiger partial charge on any atom is 0.449 e. The lowest BCUT2D eigenvalue weighted by Crippen LogP contribution is -2.45. The third-order valence-corrected chi connectivity index (χ3v) is 7.62. The molecule has 3 heterocycles. The van der Waals surface area contributed by atoms with E-state index in [1.165, 1.54) is 0 Å². The fourth-order valence-corrected chi connectivity index (χ4v) is 5.32. The fraction of sp³-hybridized carbons (Fsp3) is 0.613. The van der Waals surface area contributed by atoms with Crippen LogP contribution in [0.5, 0.6) is 0 Å². The van der Waals surface area contributed by atoms with E-state index in [1.807, 2.05) is 0 Å². The first-order valence-corrected chi connectivity index (χ1v) is 15.6. The van der Waals surface area contributed by atoms with Crippen LogP contribution in [0.15, 0.2) is 12.1 Å². The van der Waals surface area contributed by atoms with E-state index < -0.39 is 84.1 Å². The number of aromatic nitrogens is 2. The molecular weight excluding hydrogens is 668 g/mol. The number of morpholine rings is 1. The summed E-state index contributed by atoms with van der Waals surface area (Å²) in [5, 5.41) is 2.43. The van der Waals surface area contributed by atoms with Crippen LogP contribution < -0.4 is 5.32 Å². The zero-order valence-corrected chi connectivity index (χ0v) is 27.3. The number of alkyl halides is 3. The van der Waals surface area contributed by atoms with E-state index in [1.54, 1.807) is 20.8 Å². The standard InChI is InChI=1S/C31H39F6N5O7/c1-30(2,3)49-29(45)38-20(14-19-15-22(33)23(34)17-21(19)32)16-25(43)41-4-5-42-24(18-41)26(39-28(42)31(35,36)37)27(44)48-13-12-47-11-8-40-6-9-46-10-7-40/h15,17,20H,4-14,16,18H2,1-3H3,(H,38,45)/t20-/m1/s1. The van der Waals surface area contributed by atoms with Gasteiger partial charge in [0.2, 0.25) is 11.7 Å². The monoisotopic (exact) mass is 707 g/mol. The number of hydrogen-bond donors (Lipinski definition) is 1. The molecule has 2 aliphatic rings. The molecule has 18 heteroatoms. The first-order chi connectivity index (χ1) is 23.0. The number of imidazole rings is 1. The Morgan fingerprint density at radius 1 is 0.959 bits per heavy atom. The van der Waals surface area contributed by atoms with Crippen LogP contribution >= 0.6 is 0 Å². The van der Waals surface area contributed by atoms with Crippen molar-refractivity contribution in [1.29, 1.82) is 0 Å². The number of ether oxygens (including phenoxy) is 4. The second-order valence-corrected chi connectivity index (χ2v) is 12.5. The molecule has 12 nitrogen and oxygen atoms in total. The molecule has 0 bridgehead atoms. The Kier molecular flexibility index (Phi) is 12.5. The molecule has 1 aromatic heterocycles. The average Bonchev–Trinajstić information content (AvgIpc) is 3.41. The van der Waals surface area contributed by atoms with Gasteiger partial charge in [0, 0.05) is 51.3 Å². The lowest BCUT2D eigenvalue weighted by Gasteiger charge is -2.31. The van der Waals surface area contributed by atoms with Crippen LogP contribution in [0.2, 0.25) is 0 Å². The SMILES string of the molecule is CC(C)(C)OC(=O)N[C@@H](CC(=O)N1CCn2c(C(F)(F)F)nc(C(=O)OCCOCCN3CCOCC3)c2C1)Cc1cc(F)c(F)cc1F. The summed E-state index contributed by atoms with van der Waals surface area (Å²) in [6, 6.07) is -0.268. The summed E-state index contributed by atoms with van der Waals surface area (Å²) >= 11 is 0. The number of benzene rings is 1. The Morgan fingerprint density at radius 3 is 2.33 bits per heavy atom. The maximum absolute atomic E-state index is 14.5. The third-order valence-electron chi connectivity index (χ3n) is 7.62. The molecule has 1 atom stereocenters. The highest BCUT2D eigenvalue weighted by Crippen LogP contribution is 2.33. The molecule has 1 N–H and O–H groups in total. The van der Waals surface area contributed by atoms with Crippen molar-refractivity contribution in [2.24, 2.45) is 0 Å². The maximum atomic E-state index is 14.5. The molecule has 0 aliphatic carbocycles. The molecule has 49 heavy (non-hydrogen) atoms. The number of esters is 1. The smallest absolute Gasteiger partial charge is 0.449 e. The van der Waals surface area contributed by atoms with Gasteiger partial charge in [0.15, 0.2) is 17.3 Å². The zero-order chi connectivity index (χ0) is 35.9. The number of rotatable bonds is 12. The van der Waals surface area contributed by atoms with Crippen molar-refractivity contribution in [2.45, 2.75) is 64.5 Å². The molecule has 1 saturated heterocycles. The van der Waals surface area contributed by atoms with Crippen LogP contribution in [0.25, 0.3) is 0 Å². The summed E-state index contributed by atoms with van der Waals surface area (Å²) in [6.45, 7) is 7.16. The lowest BCUT2D eigenvalue weighted by atomic mass is 10.0. The van der Waals surface area contributed by atoms with Crippen LogP contribution in [-0.2, 0) is 49.4 Å². The number of nitrogens with one attached hydrogen (secondary N) is 1. The van der Waals surface area contributed by atoms with Gasteiger partial charge in [0.05, 0.1) is 38.7 Å². The topological polar surface area (TPSA) is 124 Å². The molecule has 1 fully saturated rings. The van der Waals surface area contributed by atoms with E-state index in [0.717, 1.165) is 22.6 Å². The van der Waals surface area contributed by atoms with Crippen LogP contribution in [-0.4, -0.2) is 108 Å². The molecule has 0 spiro atoms. The van der Waals surface area contributed by atoms with Gasteiger partial charge in [-0.15, -0.1) is 0 Å². The van der Waals surface area contributed by atoms with Crippen molar-refractivity contribution >= 4 is 18.0 Å². The summed E-state index contributed by atoms with van der Waals surface area (Å²) in [5.41, 5.74) is -2.12. The summed E-state index contributed by atoms with van der Waals surface area (Å²) in [5.74, 6) is -7.05. The molecule has 2 amide bonds. The number of carbonyl (C=O) groups is 3. The van der Waals surface area contributed by atoms with E-state index in [9.17, 15) is 40.7 Å². The predicted molar refractivity (Wildman–Crippen MR) is 159 cm³/mol. The quantitative estimate of drug-likeness (QED) is 0.152. The van der Waals surface area contributed by atoms with E-state index in [2.05, 4.69) is 15.2 Å². The molecular formula is C31H39F6N5O7.